The van der Waals surface area contributed by atoms with Crippen molar-refractivity contribution in [2.24, 2.45) is 0 Å². The van der Waals surface area contributed by atoms with E-state index in [1.54, 1.807) is 0 Å². The summed E-state index contributed by atoms with van der Waals surface area (Å²) in [6.45, 7) is 5.21. The molecule has 26 heavy (non-hydrogen) atoms. The third-order valence-electron chi connectivity index (χ3n) is 3.49. The van der Waals surface area contributed by atoms with Gasteiger partial charge in [0.25, 0.3) is 0 Å². The van der Waals surface area contributed by atoms with Gasteiger partial charge in [0.05, 0.1) is 26.4 Å². The van der Waals surface area contributed by atoms with Crippen molar-refractivity contribution >= 4 is 11.9 Å². The minimum atomic E-state index is -0.280. The van der Waals surface area contributed by atoms with Crippen molar-refractivity contribution < 1.29 is 28.5 Å². The predicted molar refractivity (Wildman–Crippen MR) is 98.4 cm³/mol. The largest absolute Gasteiger partial charge is 0.493 e. The van der Waals surface area contributed by atoms with Gasteiger partial charge in [-0.05, 0) is 30.7 Å². The number of ether oxygens (including phenoxy) is 4. The van der Waals surface area contributed by atoms with Gasteiger partial charge in [0.2, 0.25) is 0 Å². The van der Waals surface area contributed by atoms with Gasteiger partial charge < -0.3 is 18.9 Å². The van der Waals surface area contributed by atoms with Crippen LogP contribution in [0, 0.1) is 0 Å². The molecule has 0 aliphatic rings. The molecule has 0 saturated carbocycles. The first-order valence-corrected chi connectivity index (χ1v) is 9.26. The highest BCUT2D eigenvalue weighted by Crippen LogP contribution is 2.17. The first kappa shape index (κ1) is 21.8. The lowest BCUT2D eigenvalue weighted by Gasteiger charge is -2.09. The Morgan fingerprint density at radius 1 is 0.769 bits per heavy atom. The summed E-state index contributed by atoms with van der Waals surface area (Å²) in [7, 11) is 0. The monoisotopic (exact) mass is 366 g/mol. The van der Waals surface area contributed by atoms with E-state index in [0.29, 0.717) is 45.7 Å². The molecule has 0 aliphatic heterocycles. The van der Waals surface area contributed by atoms with E-state index in [4.69, 9.17) is 18.9 Å². The summed E-state index contributed by atoms with van der Waals surface area (Å²) in [5.41, 5.74) is 0. The molecule has 0 unspecified atom stereocenters. The highest BCUT2D eigenvalue weighted by atomic mass is 16.5. The molecule has 1 aromatic rings. The molecule has 0 N–H and O–H groups in total. The number of esters is 2. The Bertz CT molecular complexity index is 512. The van der Waals surface area contributed by atoms with Crippen molar-refractivity contribution in [1.29, 1.82) is 0 Å². The Kier molecular flexibility index (Phi) is 11.7. The van der Waals surface area contributed by atoms with E-state index in [9.17, 15) is 9.59 Å². The zero-order valence-corrected chi connectivity index (χ0v) is 15.8. The van der Waals surface area contributed by atoms with Gasteiger partial charge in [0.15, 0.2) is 0 Å². The van der Waals surface area contributed by atoms with E-state index >= 15 is 0 Å². The molecule has 0 aromatic heterocycles. The fourth-order valence-electron chi connectivity index (χ4n) is 2.12. The maximum Gasteiger partial charge on any atom is 0.305 e. The second kappa shape index (κ2) is 14.0. The van der Waals surface area contributed by atoms with E-state index in [1.165, 1.54) is 6.92 Å². The van der Waals surface area contributed by atoms with Crippen LogP contribution < -0.4 is 9.47 Å². The lowest BCUT2D eigenvalue weighted by atomic mass is 10.2. The summed E-state index contributed by atoms with van der Waals surface area (Å²) in [4.78, 5) is 22.1. The minimum Gasteiger partial charge on any atom is -0.493 e. The Balaban J connectivity index is 2.07. The van der Waals surface area contributed by atoms with Crippen molar-refractivity contribution in [1.82, 2.24) is 0 Å². The van der Waals surface area contributed by atoms with Gasteiger partial charge in [-0.1, -0.05) is 19.8 Å². The molecule has 0 atom stereocenters. The topological polar surface area (TPSA) is 71.1 Å². The summed E-state index contributed by atoms with van der Waals surface area (Å²) >= 11 is 0. The highest BCUT2D eigenvalue weighted by Gasteiger charge is 2.02. The fraction of sp³-hybridized carbons (Fsp3) is 0.600. The average molecular weight is 366 g/mol. The minimum absolute atomic E-state index is 0.131. The number of unbranched alkanes of at least 4 members (excludes halogenated alkanes) is 2. The van der Waals surface area contributed by atoms with Gasteiger partial charge in [-0.2, -0.15) is 0 Å². The van der Waals surface area contributed by atoms with E-state index in [-0.39, 0.29) is 11.9 Å². The number of rotatable bonds is 14. The molecule has 146 valence electrons. The molecular formula is C20H30O6. The van der Waals surface area contributed by atoms with Crippen LogP contribution >= 0.6 is 0 Å². The molecule has 0 bridgehead atoms. The third kappa shape index (κ3) is 11.3. The second-order valence-electron chi connectivity index (χ2n) is 5.89. The van der Waals surface area contributed by atoms with Gasteiger partial charge in [0.1, 0.15) is 11.5 Å². The molecule has 0 amide bonds. The molecule has 0 spiro atoms. The van der Waals surface area contributed by atoms with Crippen LogP contribution in [-0.4, -0.2) is 38.4 Å². The Morgan fingerprint density at radius 2 is 1.31 bits per heavy atom. The molecule has 6 heteroatoms. The van der Waals surface area contributed by atoms with Crippen LogP contribution in [0.25, 0.3) is 0 Å². The smallest absolute Gasteiger partial charge is 0.305 e. The lowest BCUT2D eigenvalue weighted by Crippen LogP contribution is -2.08. The van der Waals surface area contributed by atoms with E-state index in [2.05, 4.69) is 6.92 Å². The van der Waals surface area contributed by atoms with Gasteiger partial charge in [-0.25, -0.2) is 0 Å². The zero-order chi connectivity index (χ0) is 19.0. The van der Waals surface area contributed by atoms with Crippen LogP contribution in [-0.2, 0) is 19.1 Å². The van der Waals surface area contributed by atoms with E-state index < -0.39 is 0 Å². The molecule has 0 radical (unpaired) electrons. The summed E-state index contributed by atoms with van der Waals surface area (Å²) in [5.74, 6) is 1.07. The summed E-state index contributed by atoms with van der Waals surface area (Å²) in [5, 5.41) is 0. The Hall–Kier alpha value is -2.24. The number of hydrogen-bond donors (Lipinski definition) is 0. The molecule has 0 aliphatic carbocycles. The first-order chi connectivity index (χ1) is 12.6. The average Bonchev–Trinajstić information content (AvgIpc) is 2.62. The van der Waals surface area contributed by atoms with Crippen molar-refractivity contribution in [2.45, 2.75) is 52.4 Å². The van der Waals surface area contributed by atoms with Crippen LogP contribution in [0.3, 0.4) is 0 Å². The standard InChI is InChI=1S/C20H30O6/c1-3-4-5-8-20(22)26-16-7-15-25-19-11-9-18(10-12-19)24-14-6-13-23-17(2)21/h9-12H,3-8,13-16H2,1-2H3. The van der Waals surface area contributed by atoms with Gasteiger partial charge in [-0.15, -0.1) is 0 Å². The van der Waals surface area contributed by atoms with Gasteiger partial charge in [-0.3, -0.25) is 9.59 Å². The van der Waals surface area contributed by atoms with Crippen molar-refractivity contribution in [2.75, 3.05) is 26.4 Å². The maximum atomic E-state index is 11.4. The molecule has 0 saturated heterocycles. The fourth-order valence-corrected chi connectivity index (χ4v) is 2.12. The Labute approximate surface area is 155 Å². The van der Waals surface area contributed by atoms with Crippen molar-refractivity contribution in [3.05, 3.63) is 24.3 Å². The summed E-state index contributed by atoms with van der Waals surface area (Å²) < 4.78 is 21.1. The SMILES string of the molecule is CCCCCC(=O)OCCCOc1ccc(OCCCOC(C)=O)cc1. The Morgan fingerprint density at radius 3 is 1.81 bits per heavy atom. The quantitative estimate of drug-likeness (QED) is 0.367. The highest BCUT2D eigenvalue weighted by molar-refractivity contribution is 5.69. The maximum absolute atomic E-state index is 11.4. The third-order valence-corrected chi connectivity index (χ3v) is 3.49. The summed E-state index contributed by atoms with van der Waals surface area (Å²) in [6.07, 6.45) is 4.85. The molecule has 1 rings (SSSR count). The molecule has 1 aromatic carbocycles. The van der Waals surface area contributed by atoms with Crippen LogP contribution in [0.5, 0.6) is 11.5 Å². The molecule has 0 heterocycles. The predicted octanol–water partition coefficient (Wildman–Crippen LogP) is 3.91. The number of hydrogen-bond acceptors (Lipinski definition) is 6. The molecule has 0 fully saturated rings. The van der Waals surface area contributed by atoms with E-state index in [1.807, 2.05) is 24.3 Å². The van der Waals surface area contributed by atoms with Gasteiger partial charge in [0, 0.05) is 26.2 Å². The number of benzene rings is 1. The van der Waals surface area contributed by atoms with E-state index in [0.717, 1.165) is 30.8 Å². The van der Waals surface area contributed by atoms with Crippen LogP contribution in [0.15, 0.2) is 24.3 Å². The zero-order valence-electron chi connectivity index (χ0n) is 15.8. The van der Waals surface area contributed by atoms with Crippen molar-refractivity contribution in [3.63, 3.8) is 0 Å². The van der Waals surface area contributed by atoms with Crippen LogP contribution in [0.4, 0.5) is 0 Å². The van der Waals surface area contributed by atoms with Gasteiger partial charge >= 0.3 is 11.9 Å². The number of carbonyl (C=O) groups excluding carboxylic acids is 2. The van der Waals surface area contributed by atoms with Crippen LogP contribution in [0.2, 0.25) is 0 Å². The normalized spacial score (nSPS) is 10.2. The first-order valence-electron chi connectivity index (χ1n) is 9.26. The van der Waals surface area contributed by atoms with Crippen LogP contribution in [0.1, 0.15) is 52.4 Å². The molecule has 6 nitrogen and oxygen atoms in total. The lowest BCUT2D eigenvalue weighted by molar-refractivity contribution is -0.144. The van der Waals surface area contributed by atoms with Crippen molar-refractivity contribution in [3.8, 4) is 11.5 Å². The number of carbonyl (C=O) groups is 2. The molecular weight excluding hydrogens is 336 g/mol. The summed E-state index contributed by atoms with van der Waals surface area (Å²) in [6, 6.07) is 7.32. The second-order valence-corrected chi connectivity index (χ2v) is 5.89.